The van der Waals surface area contributed by atoms with Gasteiger partial charge in [0.25, 0.3) is 5.91 Å². The van der Waals surface area contributed by atoms with Gasteiger partial charge in [0.05, 0.1) is 31.0 Å². The van der Waals surface area contributed by atoms with Crippen LogP contribution in [0, 0.1) is 5.92 Å². The van der Waals surface area contributed by atoms with Crippen LogP contribution in [-0.2, 0) is 31.3 Å². The lowest BCUT2D eigenvalue weighted by Gasteiger charge is -2.28. The van der Waals surface area contributed by atoms with Gasteiger partial charge in [-0.2, -0.15) is 0 Å². The van der Waals surface area contributed by atoms with Crippen molar-refractivity contribution < 1.29 is 29.3 Å². The molecule has 0 fully saturated rings. The molecule has 5 rings (SSSR count). The third-order valence-corrected chi connectivity index (χ3v) is 8.82. The molecule has 0 saturated carbocycles. The minimum Gasteiger partial charge on any atom is -0.469 e. The second kappa shape index (κ2) is 15.6. The van der Waals surface area contributed by atoms with Gasteiger partial charge in [0, 0.05) is 48.6 Å². The number of para-hydroxylation sites is 1. The summed E-state index contributed by atoms with van der Waals surface area (Å²) in [7, 11) is 1.34. The maximum absolute atomic E-state index is 14.0. The molecule has 1 unspecified atom stereocenters. The van der Waals surface area contributed by atoms with Crippen molar-refractivity contribution in [2.75, 3.05) is 30.1 Å². The number of allylic oxidation sites excluding steroid dienone is 1. The summed E-state index contributed by atoms with van der Waals surface area (Å²) in [6, 6.07) is 24.0. The van der Waals surface area contributed by atoms with Crippen LogP contribution in [0.4, 0.5) is 17.1 Å². The number of nitrogens with zero attached hydrogens (tertiary/aromatic N) is 5. The Balaban J connectivity index is 1.34. The average molecular weight is 652 g/mol. The van der Waals surface area contributed by atoms with Crippen molar-refractivity contribution in [3.8, 4) is 0 Å². The number of aliphatic hydroxyl groups is 2. The summed E-state index contributed by atoms with van der Waals surface area (Å²) in [5.74, 6) is -1.67. The van der Waals surface area contributed by atoms with Crippen LogP contribution in [0.2, 0.25) is 0 Å². The molecular weight excluding hydrogens is 610 g/mol. The van der Waals surface area contributed by atoms with Crippen molar-refractivity contribution in [3.63, 3.8) is 0 Å². The Morgan fingerprint density at radius 3 is 2.44 bits per heavy atom. The van der Waals surface area contributed by atoms with E-state index in [2.05, 4.69) is 10.3 Å². The highest BCUT2D eigenvalue weighted by molar-refractivity contribution is 6.08. The molecule has 0 saturated heterocycles. The lowest BCUT2D eigenvalue weighted by atomic mass is 9.82. The van der Waals surface area contributed by atoms with Crippen molar-refractivity contribution in [1.29, 1.82) is 0 Å². The van der Waals surface area contributed by atoms with Crippen molar-refractivity contribution in [1.82, 2.24) is 15.0 Å². The summed E-state index contributed by atoms with van der Waals surface area (Å²) in [4.78, 5) is 40.9. The number of methoxy groups -OCH3 is 1. The first-order valence-electron chi connectivity index (χ1n) is 16.1. The molecule has 48 heavy (non-hydrogen) atoms. The molecule has 1 aromatic heterocycles. The summed E-state index contributed by atoms with van der Waals surface area (Å²) in [5, 5.41) is 30.7. The number of fused-ring (bicyclic) bond motifs is 1. The lowest BCUT2D eigenvalue weighted by molar-refractivity contribution is -0.140. The van der Waals surface area contributed by atoms with Crippen LogP contribution in [0.15, 0.2) is 97.2 Å². The number of carbonyl (C=O) groups is 3. The van der Waals surface area contributed by atoms with E-state index in [1.165, 1.54) is 12.0 Å². The van der Waals surface area contributed by atoms with Gasteiger partial charge in [-0.15, -0.1) is 5.10 Å². The van der Waals surface area contributed by atoms with E-state index < -0.39 is 17.4 Å². The quantitative estimate of drug-likeness (QED) is 0.0759. The number of carbonyl (C=O) groups excluding carboxylic acids is 3. The second-order valence-electron chi connectivity index (χ2n) is 11.8. The van der Waals surface area contributed by atoms with E-state index in [0.717, 1.165) is 5.56 Å². The lowest BCUT2D eigenvalue weighted by Crippen LogP contribution is -2.44. The van der Waals surface area contributed by atoms with Crippen LogP contribution >= 0.6 is 0 Å². The van der Waals surface area contributed by atoms with Gasteiger partial charge in [0.1, 0.15) is 0 Å². The van der Waals surface area contributed by atoms with E-state index in [-0.39, 0.29) is 24.9 Å². The number of hydrogen-bond acceptors (Lipinski definition) is 8. The topological polar surface area (TPSA) is 138 Å². The first-order chi connectivity index (χ1) is 23.3. The largest absolute Gasteiger partial charge is 0.469 e. The summed E-state index contributed by atoms with van der Waals surface area (Å²) in [6.45, 7) is 2.52. The molecule has 2 heterocycles. The van der Waals surface area contributed by atoms with Gasteiger partial charge in [-0.3, -0.25) is 24.0 Å². The first kappa shape index (κ1) is 34.2. The Bertz CT molecular complexity index is 1730. The van der Waals surface area contributed by atoms with Crippen LogP contribution in [-0.4, -0.2) is 63.8 Å². The molecule has 11 heteroatoms. The molecule has 3 aromatic carbocycles. The summed E-state index contributed by atoms with van der Waals surface area (Å²) < 4.78 is 6.45. The van der Waals surface area contributed by atoms with Gasteiger partial charge in [-0.25, -0.2) is 0 Å². The Morgan fingerprint density at radius 2 is 1.75 bits per heavy atom. The molecule has 2 N–H and O–H groups in total. The number of hydrogen-bond donors (Lipinski definition) is 2. The molecule has 2 amide bonds. The van der Waals surface area contributed by atoms with Gasteiger partial charge >= 0.3 is 5.97 Å². The zero-order valence-corrected chi connectivity index (χ0v) is 27.2. The van der Waals surface area contributed by atoms with E-state index >= 15 is 0 Å². The number of aliphatic hydroxyl groups excluding tert-OH is 1. The van der Waals surface area contributed by atoms with Gasteiger partial charge in [0.2, 0.25) is 6.41 Å². The van der Waals surface area contributed by atoms with Crippen molar-refractivity contribution in [2.45, 2.75) is 50.7 Å². The maximum Gasteiger partial charge on any atom is 0.305 e. The maximum atomic E-state index is 14.0. The highest BCUT2D eigenvalue weighted by Gasteiger charge is 2.52. The van der Waals surface area contributed by atoms with Crippen LogP contribution in [0.3, 0.4) is 0 Å². The first-order valence-corrected chi connectivity index (χ1v) is 16.1. The number of esters is 1. The van der Waals surface area contributed by atoms with Crippen molar-refractivity contribution >= 4 is 35.3 Å². The van der Waals surface area contributed by atoms with Gasteiger partial charge in [0.15, 0.2) is 5.60 Å². The second-order valence-corrected chi connectivity index (χ2v) is 11.8. The van der Waals surface area contributed by atoms with Crippen molar-refractivity contribution in [3.05, 3.63) is 114 Å². The summed E-state index contributed by atoms with van der Waals surface area (Å²) >= 11 is 0. The molecule has 3 atom stereocenters. The summed E-state index contributed by atoms with van der Waals surface area (Å²) in [5.41, 5.74) is 1.88. The van der Waals surface area contributed by atoms with Gasteiger partial charge in [-0.05, 0) is 55.2 Å². The predicted molar refractivity (Wildman–Crippen MR) is 182 cm³/mol. The van der Waals surface area contributed by atoms with Crippen LogP contribution < -0.4 is 9.80 Å². The fourth-order valence-electron chi connectivity index (χ4n) is 6.09. The van der Waals surface area contributed by atoms with E-state index in [4.69, 9.17) is 4.74 Å². The molecular formula is C37H41N5O6. The molecule has 0 aliphatic carbocycles. The minimum absolute atomic E-state index is 0.0891. The molecule has 4 aromatic rings. The summed E-state index contributed by atoms with van der Waals surface area (Å²) in [6.07, 6.45) is 8.11. The molecule has 0 bridgehead atoms. The SMILES string of the molecule is COC(=O)CCCCN1C(=O)[C@@](O)([C@@H](C)/C=C/CCn2cc(C(CO)c3ccccc3)nn2)c2cc(N(C=O)c3ccccc3)ccc21. The smallest absolute Gasteiger partial charge is 0.305 e. The van der Waals surface area contributed by atoms with E-state index in [1.807, 2.05) is 79.0 Å². The number of ether oxygens (including phenoxy) is 1. The van der Waals surface area contributed by atoms with Crippen LogP contribution in [0.1, 0.15) is 55.3 Å². The number of aromatic nitrogens is 3. The van der Waals surface area contributed by atoms with E-state index in [9.17, 15) is 24.6 Å². The number of aryl methyl sites for hydroxylation is 1. The molecule has 0 spiro atoms. The molecule has 1 aliphatic rings. The van der Waals surface area contributed by atoms with Gasteiger partial charge in [-0.1, -0.05) is 72.8 Å². The number of benzene rings is 3. The number of amides is 2. The zero-order valence-electron chi connectivity index (χ0n) is 27.2. The standard InChI is InChI=1S/C37H41N5O6/c1-27(13-9-11-21-40-24-33(38-39-40)31(25-43)28-14-5-3-6-15-28)37(47)32-23-30(42(26-44)29-16-7-4-8-17-29)19-20-34(32)41(36(37)46)22-12-10-18-35(45)48-2/h3-9,13-17,19-20,23-24,26-27,31,43,47H,10-12,18,21-22,25H2,1-2H3/b13-9+/t27-,31?,37+/m0/s1. The zero-order chi connectivity index (χ0) is 34.1. The molecule has 11 nitrogen and oxygen atoms in total. The van der Waals surface area contributed by atoms with E-state index in [0.29, 0.717) is 67.1 Å². The Hall–Kier alpha value is -5.13. The van der Waals surface area contributed by atoms with E-state index in [1.54, 1.807) is 34.7 Å². The third-order valence-electron chi connectivity index (χ3n) is 8.82. The molecule has 0 radical (unpaired) electrons. The van der Waals surface area contributed by atoms with Crippen LogP contribution in [0.25, 0.3) is 0 Å². The fraction of sp³-hybridized carbons (Fsp3) is 0.324. The monoisotopic (exact) mass is 651 g/mol. The molecule has 250 valence electrons. The van der Waals surface area contributed by atoms with Crippen LogP contribution in [0.5, 0.6) is 0 Å². The number of anilines is 3. The Morgan fingerprint density at radius 1 is 1.02 bits per heavy atom. The Labute approximate surface area is 280 Å². The minimum atomic E-state index is -1.89. The molecule has 1 aliphatic heterocycles. The third kappa shape index (κ3) is 7.22. The predicted octanol–water partition coefficient (Wildman–Crippen LogP) is 4.86. The highest BCUT2D eigenvalue weighted by atomic mass is 16.5. The van der Waals surface area contributed by atoms with Crippen molar-refractivity contribution in [2.24, 2.45) is 5.92 Å². The number of unbranched alkanes of at least 4 members (excludes halogenated alkanes) is 1. The number of rotatable bonds is 16. The normalized spacial score (nSPS) is 16.9. The average Bonchev–Trinajstić information content (AvgIpc) is 3.67. The highest BCUT2D eigenvalue weighted by Crippen LogP contribution is 2.47. The van der Waals surface area contributed by atoms with Gasteiger partial charge < -0.3 is 19.8 Å². The fourth-order valence-corrected chi connectivity index (χ4v) is 6.09. The Kier molecular flexibility index (Phi) is 11.1.